The highest BCUT2D eigenvalue weighted by Crippen LogP contribution is 2.24. The number of furan rings is 1. The number of aryl methyl sites for hydroxylation is 1. The van der Waals surface area contributed by atoms with Crippen LogP contribution in [0.4, 0.5) is 5.69 Å². The van der Waals surface area contributed by atoms with Gasteiger partial charge in [-0.1, -0.05) is 35.0 Å². The molecular weight excluding hydrogens is 330 g/mol. The summed E-state index contributed by atoms with van der Waals surface area (Å²) in [5.41, 5.74) is 3.34. The second-order valence-corrected chi connectivity index (χ2v) is 5.80. The van der Waals surface area contributed by atoms with Gasteiger partial charge < -0.3 is 14.3 Å². The molecule has 0 fully saturated rings. The number of benzene rings is 2. The summed E-state index contributed by atoms with van der Waals surface area (Å²) in [5, 5.41) is 6.83. The minimum absolute atomic E-state index is 0.247. The standard InChI is InChI=1S/C20H15N3O3/c1-13-5-2-7-15(11-13)20-22-18(23-26-20)14-6-3-8-16(12-14)21-19(24)17-9-4-10-25-17/h2-12H,1H3,(H,21,24). The molecule has 2 aromatic heterocycles. The SMILES string of the molecule is Cc1cccc(-c2nc(-c3cccc(NC(=O)c4ccco4)c3)no2)c1. The zero-order valence-corrected chi connectivity index (χ0v) is 14.0. The minimum Gasteiger partial charge on any atom is -0.459 e. The van der Waals surface area contributed by atoms with Gasteiger partial charge in [0.05, 0.1) is 6.26 Å². The van der Waals surface area contributed by atoms with E-state index in [-0.39, 0.29) is 11.7 Å². The molecule has 0 aliphatic rings. The van der Waals surface area contributed by atoms with Crippen molar-refractivity contribution in [3.8, 4) is 22.8 Å². The fourth-order valence-electron chi connectivity index (χ4n) is 2.57. The van der Waals surface area contributed by atoms with Crippen LogP contribution in [0.3, 0.4) is 0 Å². The number of rotatable bonds is 4. The quantitative estimate of drug-likeness (QED) is 0.586. The highest BCUT2D eigenvalue weighted by atomic mass is 16.5. The molecule has 1 N–H and O–H groups in total. The van der Waals surface area contributed by atoms with E-state index in [1.807, 2.05) is 43.3 Å². The number of hydrogen-bond donors (Lipinski definition) is 1. The third-order valence-corrected chi connectivity index (χ3v) is 3.81. The Morgan fingerprint density at radius 1 is 1.00 bits per heavy atom. The molecule has 128 valence electrons. The van der Waals surface area contributed by atoms with E-state index in [1.54, 1.807) is 24.3 Å². The molecule has 2 heterocycles. The molecule has 6 nitrogen and oxygen atoms in total. The number of carbonyl (C=O) groups is 1. The predicted octanol–water partition coefficient (Wildman–Crippen LogP) is 4.56. The van der Waals surface area contributed by atoms with Crippen molar-refractivity contribution >= 4 is 11.6 Å². The first kappa shape index (κ1) is 15.8. The van der Waals surface area contributed by atoms with Gasteiger partial charge in [-0.25, -0.2) is 0 Å². The van der Waals surface area contributed by atoms with Crippen LogP contribution in [0.15, 0.2) is 75.9 Å². The number of aromatic nitrogens is 2. The summed E-state index contributed by atoms with van der Waals surface area (Å²) in [5.74, 6) is 0.835. The van der Waals surface area contributed by atoms with E-state index >= 15 is 0 Å². The van der Waals surface area contributed by atoms with E-state index in [0.717, 1.165) is 16.7 Å². The van der Waals surface area contributed by atoms with Crippen molar-refractivity contribution < 1.29 is 13.7 Å². The third kappa shape index (κ3) is 3.25. The van der Waals surface area contributed by atoms with Gasteiger partial charge in [-0.2, -0.15) is 4.98 Å². The van der Waals surface area contributed by atoms with Gasteiger partial charge >= 0.3 is 0 Å². The maximum absolute atomic E-state index is 12.1. The normalized spacial score (nSPS) is 10.7. The summed E-state index contributed by atoms with van der Waals surface area (Å²) < 4.78 is 10.5. The van der Waals surface area contributed by atoms with Crippen LogP contribution >= 0.6 is 0 Å². The molecule has 0 spiro atoms. The number of nitrogens with one attached hydrogen (secondary N) is 1. The molecule has 26 heavy (non-hydrogen) atoms. The van der Waals surface area contributed by atoms with Gasteiger partial charge in [0, 0.05) is 16.8 Å². The topological polar surface area (TPSA) is 81.2 Å². The van der Waals surface area contributed by atoms with Crippen LogP contribution in [0.5, 0.6) is 0 Å². The molecule has 0 bridgehead atoms. The van der Waals surface area contributed by atoms with Gasteiger partial charge in [-0.3, -0.25) is 4.79 Å². The first-order valence-electron chi connectivity index (χ1n) is 8.05. The number of anilines is 1. The van der Waals surface area contributed by atoms with Gasteiger partial charge in [-0.15, -0.1) is 0 Å². The van der Waals surface area contributed by atoms with Crippen molar-refractivity contribution in [3.05, 3.63) is 78.3 Å². The Morgan fingerprint density at radius 3 is 2.65 bits per heavy atom. The lowest BCUT2D eigenvalue weighted by molar-refractivity contribution is 0.0996. The van der Waals surface area contributed by atoms with Crippen LogP contribution in [0.1, 0.15) is 16.1 Å². The second kappa shape index (κ2) is 6.68. The molecule has 0 aliphatic carbocycles. The lowest BCUT2D eigenvalue weighted by Crippen LogP contribution is -2.10. The molecule has 0 saturated carbocycles. The monoisotopic (exact) mass is 345 g/mol. The van der Waals surface area contributed by atoms with Gasteiger partial charge in [0.15, 0.2) is 5.76 Å². The number of amides is 1. The van der Waals surface area contributed by atoms with Gasteiger partial charge in [0.2, 0.25) is 5.82 Å². The van der Waals surface area contributed by atoms with Gasteiger partial charge in [0.25, 0.3) is 11.8 Å². The molecule has 2 aromatic carbocycles. The van der Waals surface area contributed by atoms with Crippen LogP contribution in [-0.2, 0) is 0 Å². The van der Waals surface area contributed by atoms with E-state index in [0.29, 0.717) is 17.4 Å². The molecular formula is C20H15N3O3. The van der Waals surface area contributed by atoms with Gasteiger partial charge in [0.1, 0.15) is 0 Å². The maximum atomic E-state index is 12.1. The first-order chi connectivity index (χ1) is 12.7. The Hall–Kier alpha value is -3.67. The molecule has 4 rings (SSSR count). The summed E-state index contributed by atoms with van der Waals surface area (Å²) in [4.78, 5) is 16.5. The zero-order chi connectivity index (χ0) is 17.9. The summed E-state index contributed by atoms with van der Waals surface area (Å²) in [6, 6.07) is 18.4. The van der Waals surface area contributed by atoms with Crippen molar-refractivity contribution in [1.82, 2.24) is 10.1 Å². The highest BCUT2D eigenvalue weighted by Gasteiger charge is 2.13. The largest absolute Gasteiger partial charge is 0.459 e. The Morgan fingerprint density at radius 2 is 1.85 bits per heavy atom. The number of carbonyl (C=O) groups excluding carboxylic acids is 1. The Labute approximate surface area is 149 Å². The summed E-state index contributed by atoms with van der Waals surface area (Å²) in [6.07, 6.45) is 1.46. The average molecular weight is 345 g/mol. The number of nitrogens with zero attached hydrogens (tertiary/aromatic N) is 2. The first-order valence-corrected chi connectivity index (χ1v) is 8.05. The van der Waals surface area contributed by atoms with Crippen LogP contribution in [0.25, 0.3) is 22.8 Å². The number of hydrogen-bond acceptors (Lipinski definition) is 5. The fourth-order valence-corrected chi connectivity index (χ4v) is 2.57. The zero-order valence-electron chi connectivity index (χ0n) is 14.0. The van der Waals surface area contributed by atoms with Crippen LogP contribution in [0, 0.1) is 6.92 Å². The molecule has 0 saturated heterocycles. The minimum atomic E-state index is -0.319. The molecule has 4 aromatic rings. The Bertz CT molecular complexity index is 1050. The Balaban J connectivity index is 1.58. The lowest BCUT2D eigenvalue weighted by atomic mass is 10.1. The Kier molecular flexibility index (Phi) is 4.07. The smallest absolute Gasteiger partial charge is 0.291 e. The van der Waals surface area contributed by atoms with E-state index in [9.17, 15) is 4.79 Å². The lowest BCUT2D eigenvalue weighted by Gasteiger charge is -2.04. The van der Waals surface area contributed by atoms with Crippen LogP contribution in [0.2, 0.25) is 0 Å². The van der Waals surface area contributed by atoms with Crippen molar-refractivity contribution in [2.24, 2.45) is 0 Å². The second-order valence-electron chi connectivity index (χ2n) is 5.80. The van der Waals surface area contributed by atoms with Crippen molar-refractivity contribution in [2.45, 2.75) is 6.92 Å². The van der Waals surface area contributed by atoms with Crippen molar-refractivity contribution in [1.29, 1.82) is 0 Å². The molecule has 1 amide bonds. The highest BCUT2D eigenvalue weighted by molar-refractivity contribution is 6.02. The van der Waals surface area contributed by atoms with E-state index in [2.05, 4.69) is 15.5 Å². The molecule has 0 atom stereocenters. The van der Waals surface area contributed by atoms with Crippen molar-refractivity contribution in [2.75, 3.05) is 5.32 Å². The summed E-state index contributed by atoms with van der Waals surface area (Å²) in [7, 11) is 0. The summed E-state index contributed by atoms with van der Waals surface area (Å²) in [6.45, 7) is 2.01. The maximum Gasteiger partial charge on any atom is 0.291 e. The van der Waals surface area contributed by atoms with E-state index < -0.39 is 0 Å². The van der Waals surface area contributed by atoms with Gasteiger partial charge in [-0.05, 0) is 43.3 Å². The summed E-state index contributed by atoms with van der Waals surface area (Å²) >= 11 is 0. The van der Waals surface area contributed by atoms with E-state index in [1.165, 1.54) is 6.26 Å². The molecule has 0 unspecified atom stereocenters. The molecule has 0 radical (unpaired) electrons. The van der Waals surface area contributed by atoms with Crippen LogP contribution < -0.4 is 5.32 Å². The average Bonchev–Trinajstić information content (AvgIpc) is 3.34. The van der Waals surface area contributed by atoms with E-state index in [4.69, 9.17) is 8.94 Å². The predicted molar refractivity (Wildman–Crippen MR) is 96.6 cm³/mol. The van der Waals surface area contributed by atoms with Crippen LogP contribution in [-0.4, -0.2) is 16.0 Å². The molecule has 6 heteroatoms. The third-order valence-electron chi connectivity index (χ3n) is 3.81. The van der Waals surface area contributed by atoms with Crippen molar-refractivity contribution in [3.63, 3.8) is 0 Å². The fraction of sp³-hybridized carbons (Fsp3) is 0.0500. The molecule has 0 aliphatic heterocycles.